The Balaban J connectivity index is 1.69. The summed E-state index contributed by atoms with van der Waals surface area (Å²) in [4.78, 5) is 42.5. The molecule has 0 spiro atoms. The van der Waals surface area contributed by atoms with Gasteiger partial charge in [-0.25, -0.2) is 14.6 Å². The molecule has 0 unspecified atom stereocenters. The van der Waals surface area contributed by atoms with E-state index >= 15 is 0 Å². The number of nitrogens with zero attached hydrogens (tertiary/aromatic N) is 3. The van der Waals surface area contributed by atoms with Crippen molar-refractivity contribution < 1.29 is 33.5 Å². The molecule has 4 rings (SSSR count). The second-order valence-electron chi connectivity index (χ2n) is 7.67. The minimum absolute atomic E-state index is 0.0512. The van der Waals surface area contributed by atoms with E-state index in [1.165, 1.54) is 26.4 Å². The number of rotatable bonds is 9. The Morgan fingerprint density at radius 1 is 0.784 bits per heavy atom. The van der Waals surface area contributed by atoms with Crippen LogP contribution in [0.1, 0.15) is 0 Å². The summed E-state index contributed by atoms with van der Waals surface area (Å²) < 4.78 is 20.2. The standard InChI is InChI=1S/C26H21N3O8/c1-34-24(30)14-36-21-10-7-17-11-19(4-3-18(17)12-21)26-27-22(13-23(28-26)37-15-25(31)35-2)16-5-8-20(9-6-16)29(32)33/h3-13H,14-15H2,1-2H3. The summed E-state index contributed by atoms with van der Waals surface area (Å²) in [6, 6.07) is 18.3. The van der Waals surface area contributed by atoms with E-state index in [0.29, 0.717) is 28.4 Å². The summed E-state index contributed by atoms with van der Waals surface area (Å²) in [5, 5.41) is 12.7. The lowest BCUT2D eigenvalue weighted by atomic mass is 10.1. The van der Waals surface area contributed by atoms with Gasteiger partial charge in [-0.3, -0.25) is 10.1 Å². The lowest BCUT2D eigenvalue weighted by Gasteiger charge is -2.11. The van der Waals surface area contributed by atoms with Gasteiger partial charge in [0.05, 0.1) is 24.8 Å². The number of methoxy groups -OCH3 is 2. The van der Waals surface area contributed by atoms with Crippen molar-refractivity contribution >= 4 is 28.4 Å². The maximum atomic E-state index is 11.6. The number of fused-ring (bicyclic) bond motifs is 1. The maximum absolute atomic E-state index is 11.6. The number of ether oxygens (including phenoxy) is 4. The molecule has 11 nitrogen and oxygen atoms in total. The molecule has 0 radical (unpaired) electrons. The summed E-state index contributed by atoms with van der Waals surface area (Å²) in [7, 11) is 2.54. The molecule has 0 aliphatic rings. The Hall–Kier alpha value is -5.06. The van der Waals surface area contributed by atoms with Gasteiger partial charge in [-0.1, -0.05) is 18.2 Å². The van der Waals surface area contributed by atoms with Gasteiger partial charge in [0.1, 0.15) is 5.75 Å². The van der Waals surface area contributed by atoms with Gasteiger partial charge in [-0.2, -0.15) is 4.98 Å². The molecular weight excluding hydrogens is 482 g/mol. The second kappa shape index (κ2) is 11.1. The molecule has 11 heteroatoms. The number of aromatic nitrogens is 2. The van der Waals surface area contributed by atoms with Crippen LogP contribution >= 0.6 is 0 Å². The van der Waals surface area contributed by atoms with E-state index in [4.69, 9.17) is 9.47 Å². The van der Waals surface area contributed by atoms with E-state index in [1.807, 2.05) is 24.3 Å². The molecule has 188 valence electrons. The van der Waals surface area contributed by atoms with E-state index in [0.717, 1.165) is 10.8 Å². The third-order valence-electron chi connectivity index (χ3n) is 5.30. The fourth-order valence-corrected chi connectivity index (χ4v) is 3.38. The first kappa shape index (κ1) is 25.0. The third-order valence-corrected chi connectivity index (χ3v) is 5.30. The zero-order valence-electron chi connectivity index (χ0n) is 19.9. The quantitative estimate of drug-likeness (QED) is 0.187. The molecule has 3 aromatic carbocycles. The summed E-state index contributed by atoms with van der Waals surface area (Å²) in [6.45, 7) is -0.545. The van der Waals surface area contributed by atoms with Crippen LogP contribution in [-0.4, -0.2) is 54.3 Å². The number of benzene rings is 3. The van der Waals surface area contributed by atoms with Gasteiger partial charge >= 0.3 is 11.9 Å². The Labute approximate surface area is 210 Å². The molecule has 0 N–H and O–H groups in total. The van der Waals surface area contributed by atoms with Crippen molar-refractivity contribution in [2.24, 2.45) is 0 Å². The normalized spacial score (nSPS) is 10.5. The molecule has 0 aliphatic heterocycles. The van der Waals surface area contributed by atoms with Crippen molar-refractivity contribution in [1.29, 1.82) is 0 Å². The number of carbonyl (C=O) groups is 2. The second-order valence-corrected chi connectivity index (χ2v) is 7.67. The van der Waals surface area contributed by atoms with E-state index in [9.17, 15) is 19.7 Å². The van der Waals surface area contributed by atoms with Crippen LogP contribution in [0, 0.1) is 10.1 Å². The van der Waals surface area contributed by atoms with Gasteiger partial charge in [0.15, 0.2) is 19.0 Å². The minimum atomic E-state index is -0.576. The summed E-state index contributed by atoms with van der Waals surface area (Å²) in [5.74, 6) is -0.0849. The first-order valence-electron chi connectivity index (χ1n) is 10.9. The fraction of sp³-hybridized carbons (Fsp3) is 0.154. The van der Waals surface area contributed by atoms with Crippen LogP contribution in [0.25, 0.3) is 33.4 Å². The van der Waals surface area contributed by atoms with E-state index < -0.39 is 16.9 Å². The lowest BCUT2D eigenvalue weighted by molar-refractivity contribution is -0.384. The van der Waals surface area contributed by atoms with Gasteiger partial charge in [0.2, 0.25) is 5.88 Å². The van der Waals surface area contributed by atoms with Gasteiger partial charge in [-0.15, -0.1) is 0 Å². The third kappa shape index (κ3) is 6.14. The van der Waals surface area contributed by atoms with Crippen LogP contribution in [0.15, 0.2) is 66.7 Å². The van der Waals surface area contributed by atoms with E-state index in [2.05, 4.69) is 19.4 Å². The van der Waals surface area contributed by atoms with E-state index in [1.54, 1.807) is 30.3 Å². The molecule has 1 heterocycles. The van der Waals surface area contributed by atoms with Gasteiger partial charge in [0, 0.05) is 29.3 Å². The Morgan fingerprint density at radius 3 is 2.08 bits per heavy atom. The molecule has 0 fully saturated rings. The monoisotopic (exact) mass is 503 g/mol. The van der Waals surface area contributed by atoms with Crippen molar-refractivity contribution in [3.63, 3.8) is 0 Å². The lowest BCUT2D eigenvalue weighted by Crippen LogP contribution is -2.13. The van der Waals surface area contributed by atoms with Crippen LogP contribution in [0.3, 0.4) is 0 Å². The van der Waals surface area contributed by atoms with Crippen LogP contribution in [0.5, 0.6) is 11.6 Å². The van der Waals surface area contributed by atoms with Crippen LogP contribution in [0.4, 0.5) is 5.69 Å². The first-order chi connectivity index (χ1) is 17.9. The summed E-state index contributed by atoms with van der Waals surface area (Å²) >= 11 is 0. The van der Waals surface area contributed by atoms with Gasteiger partial charge in [0.25, 0.3) is 5.69 Å². The van der Waals surface area contributed by atoms with Gasteiger partial charge in [-0.05, 0) is 41.1 Å². The van der Waals surface area contributed by atoms with Crippen LogP contribution < -0.4 is 9.47 Å². The molecule has 0 saturated heterocycles. The minimum Gasteiger partial charge on any atom is -0.482 e. The molecular formula is C26H21N3O8. The SMILES string of the molecule is COC(=O)COc1ccc2cc(-c3nc(OCC(=O)OC)cc(-c4ccc([N+](=O)[O-])cc4)n3)ccc2c1. The number of carbonyl (C=O) groups excluding carboxylic acids is 2. The fourth-order valence-electron chi connectivity index (χ4n) is 3.38. The Kier molecular flexibility index (Phi) is 7.53. The highest BCUT2D eigenvalue weighted by Gasteiger charge is 2.14. The average Bonchev–Trinajstić information content (AvgIpc) is 2.94. The topological polar surface area (TPSA) is 140 Å². The van der Waals surface area contributed by atoms with E-state index in [-0.39, 0.29) is 24.8 Å². The zero-order chi connectivity index (χ0) is 26.4. The smallest absolute Gasteiger partial charge is 0.343 e. The molecule has 0 atom stereocenters. The summed E-state index contributed by atoms with van der Waals surface area (Å²) in [5.41, 5.74) is 1.67. The number of esters is 2. The van der Waals surface area contributed by atoms with Crippen molar-refractivity contribution in [1.82, 2.24) is 9.97 Å². The molecule has 0 saturated carbocycles. The Morgan fingerprint density at radius 2 is 1.41 bits per heavy atom. The van der Waals surface area contributed by atoms with Crippen LogP contribution in [0.2, 0.25) is 0 Å². The zero-order valence-corrected chi connectivity index (χ0v) is 19.9. The van der Waals surface area contributed by atoms with Gasteiger partial charge < -0.3 is 18.9 Å². The molecule has 37 heavy (non-hydrogen) atoms. The van der Waals surface area contributed by atoms with Crippen molar-refractivity contribution in [3.05, 3.63) is 76.8 Å². The number of nitro groups is 1. The number of non-ortho nitro benzene ring substituents is 1. The van der Waals surface area contributed by atoms with Crippen molar-refractivity contribution in [3.8, 4) is 34.3 Å². The highest BCUT2D eigenvalue weighted by atomic mass is 16.6. The predicted molar refractivity (Wildman–Crippen MR) is 132 cm³/mol. The molecule has 0 bridgehead atoms. The first-order valence-corrected chi connectivity index (χ1v) is 10.9. The number of hydrogen-bond donors (Lipinski definition) is 0. The molecule has 0 aliphatic carbocycles. The highest BCUT2D eigenvalue weighted by Crippen LogP contribution is 2.30. The molecule has 4 aromatic rings. The molecule has 0 amide bonds. The average molecular weight is 503 g/mol. The highest BCUT2D eigenvalue weighted by molar-refractivity contribution is 5.88. The molecule has 1 aromatic heterocycles. The largest absolute Gasteiger partial charge is 0.482 e. The Bertz CT molecular complexity index is 1470. The van der Waals surface area contributed by atoms with Crippen LogP contribution in [-0.2, 0) is 19.1 Å². The number of hydrogen-bond acceptors (Lipinski definition) is 10. The van der Waals surface area contributed by atoms with Crippen molar-refractivity contribution in [2.75, 3.05) is 27.4 Å². The number of nitro benzene ring substituents is 1. The van der Waals surface area contributed by atoms with Crippen molar-refractivity contribution in [2.45, 2.75) is 0 Å². The summed E-state index contributed by atoms with van der Waals surface area (Å²) in [6.07, 6.45) is 0. The predicted octanol–water partition coefficient (Wildman–Crippen LogP) is 3.98. The maximum Gasteiger partial charge on any atom is 0.343 e.